The van der Waals surface area contributed by atoms with E-state index in [4.69, 9.17) is 4.84 Å². The number of hydrogen-bond acceptors (Lipinski definition) is 3. The Morgan fingerprint density at radius 3 is 2.85 bits per heavy atom. The summed E-state index contributed by atoms with van der Waals surface area (Å²) in [4.78, 5) is 17.0. The fraction of sp³-hybridized carbons (Fsp3) is 0.647. The van der Waals surface area contributed by atoms with Gasteiger partial charge < -0.3 is 4.84 Å². The van der Waals surface area contributed by atoms with Gasteiger partial charge >= 0.3 is 0 Å². The lowest BCUT2D eigenvalue weighted by Gasteiger charge is -2.30. The molecule has 112 valence electrons. The molecule has 0 aromatic carbocycles. The molecule has 0 spiro atoms. The van der Waals surface area contributed by atoms with E-state index in [9.17, 15) is 4.79 Å². The van der Waals surface area contributed by atoms with Gasteiger partial charge in [-0.3, -0.25) is 4.79 Å². The Bertz CT molecular complexity index is 373. The van der Waals surface area contributed by atoms with E-state index in [0.717, 1.165) is 68.9 Å². The van der Waals surface area contributed by atoms with Crippen LogP contribution in [0.15, 0.2) is 30.0 Å². The number of oxime groups is 1. The van der Waals surface area contributed by atoms with E-state index in [1.165, 1.54) is 0 Å². The summed E-state index contributed by atoms with van der Waals surface area (Å²) in [5, 5.41) is 4.17. The Morgan fingerprint density at radius 1 is 1.50 bits per heavy atom. The molecule has 0 saturated carbocycles. The van der Waals surface area contributed by atoms with Crippen LogP contribution in [0.2, 0.25) is 0 Å². The zero-order valence-electron chi connectivity index (χ0n) is 12.7. The maximum absolute atomic E-state index is 11.4. The molecule has 20 heavy (non-hydrogen) atoms. The number of carbonyl (C=O) groups is 1. The predicted molar refractivity (Wildman–Crippen MR) is 83.9 cm³/mol. The highest BCUT2D eigenvalue weighted by Crippen LogP contribution is 2.30. The minimum atomic E-state index is -0.777. The molecular formula is C17H27NO2. The van der Waals surface area contributed by atoms with Crippen LogP contribution in [0.5, 0.6) is 0 Å². The summed E-state index contributed by atoms with van der Waals surface area (Å²) in [6, 6.07) is 0. The topological polar surface area (TPSA) is 38.7 Å². The molecule has 0 aromatic rings. The van der Waals surface area contributed by atoms with Gasteiger partial charge in [0.25, 0.3) is 0 Å². The predicted octanol–water partition coefficient (Wildman–Crippen LogP) is 4.58. The van der Waals surface area contributed by atoms with Gasteiger partial charge in [-0.2, -0.15) is 0 Å². The average Bonchev–Trinajstić information content (AvgIpc) is 2.47. The van der Waals surface area contributed by atoms with Crippen molar-refractivity contribution in [2.45, 2.75) is 70.3 Å². The molecule has 0 bridgehead atoms. The first-order valence-corrected chi connectivity index (χ1v) is 7.63. The second-order valence-electron chi connectivity index (χ2n) is 5.64. The lowest BCUT2D eigenvalue weighted by molar-refractivity contribution is -0.133. The van der Waals surface area contributed by atoms with Crippen molar-refractivity contribution in [1.29, 1.82) is 0 Å². The summed E-state index contributed by atoms with van der Waals surface area (Å²) in [5.74, 6) is 0. The summed E-state index contributed by atoms with van der Waals surface area (Å²) in [5.41, 5.74) is 1.37. The van der Waals surface area contributed by atoms with Crippen molar-refractivity contribution in [2.75, 3.05) is 0 Å². The van der Waals surface area contributed by atoms with Crippen LogP contribution in [-0.4, -0.2) is 17.6 Å². The molecule has 1 heterocycles. The van der Waals surface area contributed by atoms with Gasteiger partial charge in [0.15, 0.2) is 11.9 Å². The first-order valence-electron chi connectivity index (χ1n) is 7.63. The Kier molecular flexibility index (Phi) is 7.27. The summed E-state index contributed by atoms with van der Waals surface area (Å²) in [6.45, 7) is 9.93. The molecular weight excluding hydrogens is 250 g/mol. The number of rotatable bonds is 10. The highest BCUT2D eigenvalue weighted by Gasteiger charge is 2.36. The normalized spacial score (nSPS) is 21.8. The fourth-order valence-electron chi connectivity index (χ4n) is 2.40. The Labute approximate surface area is 122 Å². The van der Waals surface area contributed by atoms with Crippen LogP contribution in [0.3, 0.4) is 0 Å². The molecule has 1 unspecified atom stereocenters. The van der Waals surface area contributed by atoms with Gasteiger partial charge in [-0.25, -0.2) is 0 Å². The number of unbranched alkanes of at least 4 members (excludes halogenated alkanes) is 2. The maximum Gasteiger partial charge on any atom is 0.196 e. The van der Waals surface area contributed by atoms with Crippen LogP contribution >= 0.6 is 0 Å². The highest BCUT2D eigenvalue weighted by molar-refractivity contribution is 5.85. The van der Waals surface area contributed by atoms with Crippen LogP contribution in [0, 0.1) is 0 Å². The number of carbonyl (C=O) groups excluding carboxylic acids is 1. The van der Waals surface area contributed by atoms with E-state index >= 15 is 0 Å². The minimum absolute atomic E-state index is 0.582. The van der Waals surface area contributed by atoms with Gasteiger partial charge in [0.2, 0.25) is 0 Å². The Balaban J connectivity index is 2.49. The SMILES string of the molecule is C=CCCCC(=C)CC1(C=O)CCC(CCCC)=NO1. The van der Waals surface area contributed by atoms with Crippen LogP contribution < -0.4 is 0 Å². The lowest BCUT2D eigenvalue weighted by Crippen LogP contribution is -2.37. The smallest absolute Gasteiger partial charge is 0.196 e. The highest BCUT2D eigenvalue weighted by atomic mass is 16.7. The molecule has 1 aliphatic heterocycles. The van der Waals surface area contributed by atoms with Crippen LogP contribution in [-0.2, 0) is 9.63 Å². The first-order chi connectivity index (χ1) is 9.65. The molecule has 3 nitrogen and oxygen atoms in total. The van der Waals surface area contributed by atoms with E-state index in [1.54, 1.807) is 0 Å². The molecule has 3 heteroatoms. The lowest BCUT2D eigenvalue weighted by atomic mass is 9.87. The summed E-state index contributed by atoms with van der Waals surface area (Å²) in [7, 11) is 0. The molecule has 0 radical (unpaired) electrons. The zero-order chi connectivity index (χ0) is 14.8. The molecule has 1 rings (SSSR count). The summed E-state index contributed by atoms with van der Waals surface area (Å²) < 4.78 is 0. The third-order valence-electron chi connectivity index (χ3n) is 3.71. The van der Waals surface area contributed by atoms with Crippen molar-refractivity contribution >= 4 is 12.0 Å². The number of aldehydes is 1. The third kappa shape index (κ3) is 5.32. The molecule has 0 N–H and O–H groups in total. The summed E-state index contributed by atoms with van der Waals surface area (Å²) >= 11 is 0. The van der Waals surface area contributed by atoms with Crippen molar-refractivity contribution in [3.8, 4) is 0 Å². The van der Waals surface area contributed by atoms with E-state index in [1.807, 2.05) is 6.08 Å². The van der Waals surface area contributed by atoms with Gasteiger partial charge in [-0.05, 0) is 38.5 Å². The number of allylic oxidation sites excluding steroid dienone is 1. The maximum atomic E-state index is 11.4. The summed E-state index contributed by atoms with van der Waals surface area (Å²) in [6.07, 6.45) is 11.2. The third-order valence-corrected chi connectivity index (χ3v) is 3.71. The molecule has 1 atom stereocenters. The fourth-order valence-corrected chi connectivity index (χ4v) is 2.40. The van der Waals surface area contributed by atoms with E-state index in [2.05, 4.69) is 25.2 Å². The van der Waals surface area contributed by atoms with E-state index in [0.29, 0.717) is 6.42 Å². The van der Waals surface area contributed by atoms with Crippen molar-refractivity contribution in [3.63, 3.8) is 0 Å². The van der Waals surface area contributed by atoms with Gasteiger partial charge in [-0.1, -0.05) is 36.7 Å². The van der Waals surface area contributed by atoms with Crippen LogP contribution in [0.1, 0.15) is 64.7 Å². The van der Waals surface area contributed by atoms with Crippen molar-refractivity contribution < 1.29 is 9.63 Å². The second-order valence-corrected chi connectivity index (χ2v) is 5.64. The van der Waals surface area contributed by atoms with Gasteiger partial charge in [0.05, 0.1) is 5.71 Å². The van der Waals surface area contributed by atoms with Gasteiger partial charge in [0, 0.05) is 12.8 Å². The van der Waals surface area contributed by atoms with Gasteiger partial charge in [0.1, 0.15) is 0 Å². The van der Waals surface area contributed by atoms with Crippen molar-refractivity contribution in [3.05, 3.63) is 24.8 Å². The number of nitrogens with zero attached hydrogens (tertiary/aromatic N) is 1. The van der Waals surface area contributed by atoms with E-state index < -0.39 is 5.60 Å². The Hall–Kier alpha value is -1.38. The zero-order valence-corrected chi connectivity index (χ0v) is 12.7. The first kappa shape index (κ1) is 16.7. The average molecular weight is 277 g/mol. The monoisotopic (exact) mass is 277 g/mol. The largest absolute Gasteiger partial charge is 0.381 e. The van der Waals surface area contributed by atoms with Crippen LogP contribution in [0.4, 0.5) is 0 Å². The molecule has 0 aliphatic carbocycles. The van der Waals surface area contributed by atoms with Crippen molar-refractivity contribution in [2.24, 2.45) is 5.16 Å². The standard InChI is InChI=1S/C17H27NO2/c1-4-6-8-9-15(3)13-17(14-19)12-11-16(18-20-17)10-7-5-2/h4,14H,1,3,5-13H2,2H3. The molecule has 1 aliphatic rings. The molecule has 0 amide bonds. The van der Waals surface area contributed by atoms with Crippen LogP contribution in [0.25, 0.3) is 0 Å². The van der Waals surface area contributed by atoms with Gasteiger partial charge in [-0.15, -0.1) is 6.58 Å². The van der Waals surface area contributed by atoms with Crippen molar-refractivity contribution in [1.82, 2.24) is 0 Å². The minimum Gasteiger partial charge on any atom is -0.381 e. The molecule has 0 saturated heterocycles. The molecule has 0 aromatic heterocycles. The number of hydrogen-bond donors (Lipinski definition) is 0. The quantitative estimate of drug-likeness (QED) is 0.333. The Morgan fingerprint density at radius 2 is 2.30 bits per heavy atom. The second kappa shape index (κ2) is 8.72. The molecule has 0 fully saturated rings. The van der Waals surface area contributed by atoms with E-state index in [-0.39, 0.29) is 0 Å².